The summed E-state index contributed by atoms with van der Waals surface area (Å²) in [5.74, 6) is 0.228. The van der Waals surface area contributed by atoms with Crippen LogP contribution >= 0.6 is 0 Å². The Bertz CT molecular complexity index is 374. The molecule has 0 aromatic carbocycles. The van der Waals surface area contributed by atoms with Crippen LogP contribution in [0, 0.1) is 5.92 Å². The number of rotatable bonds is 7. The molecule has 0 fully saturated rings. The first-order chi connectivity index (χ1) is 8.62. The van der Waals surface area contributed by atoms with E-state index in [1.165, 1.54) is 12.4 Å². The molecule has 0 atom stereocenters. The van der Waals surface area contributed by atoms with E-state index in [-0.39, 0.29) is 5.56 Å². The largest absolute Gasteiger partial charge is 0.478 e. The van der Waals surface area contributed by atoms with E-state index in [0.29, 0.717) is 11.9 Å². The summed E-state index contributed by atoms with van der Waals surface area (Å²) >= 11 is 0. The molecule has 1 heterocycles. The number of anilines is 1. The molecule has 0 aliphatic carbocycles. The third-order valence-electron chi connectivity index (χ3n) is 3.18. The van der Waals surface area contributed by atoms with E-state index in [4.69, 9.17) is 5.11 Å². The lowest BCUT2D eigenvalue weighted by Crippen LogP contribution is -2.30. The lowest BCUT2D eigenvalue weighted by molar-refractivity contribution is 0.0696. The average molecular weight is 251 g/mol. The van der Waals surface area contributed by atoms with E-state index >= 15 is 0 Å². The number of aromatic nitrogens is 2. The molecule has 1 aromatic rings. The summed E-state index contributed by atoms with van der Waals surface area (Å²) < 4.78 is 0. The Morgan fingerprint density at radius 1 is 1.28 bits per heavy atom. The molecular formula is C13H21N3O2. The van der Waals surface area contributed by atoms with Gasteiger partial charge in [-0.3, -0.25) is 0 Å². The maximum Gasteiger partial charge on any atom is 0.338 e. The van der Waals surface area contributed by atoms with Gasteiger partial charge < -0.3 is 10.0 Å². The minimum atomic E-state index is -0.996. The molecule has 5 heteroatoms. The second-order valence-electron chi connectivity index (χ2n) is 4.30. The topological polar surface area (TPSA) is 66.3 Å². The summed E-state index contributed by atoms with van der Waals surface area (Å²) in [4.78, 5) is 21.1. The normalized spacial score (nSPS) is 10.7. The summed E-state index contributed by atoms with van der Waals surface area (Å²) in [5, 5.41) is 8.80. The monoisotopic (exact) mass is 251 g/mol. The number of carboxylic acids is 1. The van der Waals surface area contributed by atoms with Gasteiger partial charge in [-0.2, -0.15) is 0 Å². The molecule has 1 N–H and O–H groups in total. The van der Waals surface area contributed by atoms with Gasteiger partial charge in [-0.15, -0.1) is 0 Å². The summed E-state index contributed by atoms with van der Waals surface area (Å²) in [6.07, 6.45) is 4.97. The molecule has 0 spiro atoms. The van der Waals surface area contributed by atoms with Gasteiger partial charge in [0.05, 0.1) is 5.56 Å². The number of hydrogen-bond acceptors (Lipinski definition) is 4. The van der Waals surface area contributed by atoms with Gasteiger partial charge >= 0.3 is 5.97 Å². The first-order valence-electron chi connectivity index (χ1n) is 6.42. The minimum absolute atomic E-state index is 0.123. The molecule has 0 bridgehead atoms. The molecule has 18 heavy (non-hydrogen) atoms. The Kier molecular flexibility index (Phi) is 5.55. The number of carbonyl (C=O) groups is 1. The van der Waals surface area contributed by atoms with Crippen LogP contribution in [0.15, 0.2) is 12.4 Å². The SMILES string of the molecule is CCC(CC)CN(CC)c1ncc(C(=O)O)cn1. The van der Waals surface area contributed by atoms with Crippen LogP contribution in [0.2, 0.25) is 0 Å². The molecular weight excluding hydrogens is 230 g/mol. The molecule has 0 aliphatic rings. The summed E-state index contributed by atoms with van der Waals surface area (Å²) in [7, 11) is 0. The van der Waals surface area contributed by atoms with Crippen molar-refractivity contribution in [1.82, 2.24) is 9.97 Å². The lowest BCUT2D eigenvalue weighted by atomic mass is 10.0. The molecule has 0 unspecified atom stereocenters. The van der Waals surface area contributed by atoms with Crippen LogP contribution in [0.3, 0.4) is 0 Å². The smallest absolute Gasteiger partial charge is 0.338 e. The van der Waals surface area contributed by atoms with E-state index < -0.39 is 5.97 Å². The van der Waals surface area contributed by atoms with Gasteiger partial charge in [0.15, 0.2) is 0 Å². The van der Waals surface area contributed by atoms with Crippen molar-refractivity contribution in [2.45, 2.75) is 33.6 Å². The Morgan fingerprint density at radius 3 is 2.22 bits per heavy atom. The molecule has 5 nitrogen and oxygen atoms in total. The lowest BCUT2D eigenvalue weighted by Gasteiger charge is -2.25. The van der Waals surface area contributed by atoms with Crippen molar-refractivity contribution in [3.63, 3.8) is 0 Å². The van der Waals surface area contributed by atoms with Crippen LogP contribution in [-0.2, 0) is 0 Å². The quantitative estimate of drug-likeness (QED) is 0.806. The van der Waals surface area contributed by atoms with E-state index in [1.54, 1.807) is 0 Å². The van der Waals surface area contributed by atoms with Crippen molar-refractivity contribution < 1.29 is 9.90 Å². The Labute approximate surface area is 108 Å². The van der Waals surface area contributed by atoms with Crippen molar-refractivity contribution in [2.24, 2.45) is 5.92 Å². The second-order valence-corrected chi connectivity index (χ2v) is 4.30. The summed E-state index contributed by atoms with van der Waals surface area (Å²) in [6, 6.07) is 0. The number of nitrogens with zero attached hydrogens (tertiary/aromatic N) is 3. The third-order valence-corrected chi connectivity index (χ3v) is 3.18. The fourth-order valence-corrected chi connectivity index (χ4v) is 1.81. The second kappa shape index (κ2) is 6.93. The number of aromatic carboxylic acids is 1. The average Bonchev–Trinajstić information content (AvgIpc) is 2.40. The number of hydrogen-bond donors (Lipinski definition) is 1. The van der Waals surface area contributed by atoms with E-state index in [9.17, 15) is 4.79 Å². The van der Waals surface area contributed by atoms with E-state index in [0.717, 1.165) is 25.9 Å². The Hall–Kier alpha value is -1.65. The molecule has 1 rings (SSSR count). The maximum atomic E-state index is 10.7. The van der Waals surface area contributed by atoms with Gasteiger partial charge in [0.1, 0.15) is 0 Å². The minimum Gasteiger partial charge on any atom is -0.478 e. The van der Waals surface area contributed by atoms with Gasteiger partial charge in [0.2, 0.25) is 5.95 Å². The predicted molar refractivity (Wildman–Crippen MR) is 71.0 cm³/mol. The van der Waals surface area contributed by atoms with Crippen LogP contribution in [0.25, 0.3) is 0 Å². The zero-order valence-electron chi connectivity index (χ0n) is 11.3. The first kappa shape index (κ1) is 14.4. The highest BCUT2D eigenvalue weighted by molar-refractivity contribution is 5.86. The van der Waals surface area contributed by atoms with Crippen molar-refractivity contribution in [3.05, 3.63) is 18.0 Å². The molecule has 0 radical (unpaired) electrons. The van der Waals surface area contributed by atoms with Crippen LogP contribution in [-0.4, -0.2) is 34.1 Å². The predicted octanol–water partition coefficient (Wildman–Crippen LogP) is 2.44. The van der Waals surface area contributed by atoms with Crippen LogP contribution < -0.4 is 4.90 Å². The summed E-state index contributed by atoms with van der Waals surface area (Å²) in [6.45, 7) is 8.14. The van der Waals surface area contributed by atoms with Crippen molar-refractivity contribution in [2.75, 3.05) is 18.0 Å². The summed E-state index contributed by atoms with van der Waals surface area (Å²) in [5.41, 5.74) is 0.123. The molecule has 0 amide bonds. The molecule has 0 saturated carbocycles. The zero-order chi connectivity index (χ0) is 13.5. The van der Waals surface area contributed by atoms with Crippen molar-refractivity contribution in [1.29, 1.82) is 0 Å². The van der Waals surface area contributed by atoms with Crippen LogP contribution in [0.5, 0.6) is 0 Å². The zero-order valence-corrected chi connectivity index (χ0v) is 11.3. The molecule has 0 saturated heterocycles. The third kappa shape index (κ3) is 3.68. The Morgan fingerprint density at radius 2 is 1.83 bits per heavy atom. The van der Waals surface area contributed by atoms with Gasteiger partial charge in [-0.1, -0.05) is 26.7 Å². The Balaban J connectivity index is 2.78. The van der Waals surface area contributed by atoms with Crippen LogP contribution in [0.4, 0.5) is 5.95 Å². The van der Waals surface area contributed by atoms with Crippen molar-refractivity contribution in [3.8, 4) is 0 Å². The van der Waals surface area contributed by atoms with Crippen LogP contribution in [0.1, 0.15) is 44.0 Å². The molecule has 100 valence electrons. The fraction of sp³-hybridized carbons (Fsp3) is 0.615. The fourth-order valence-electron chi connectivity index (χ4n) is 1.81. The standard InChI is InChI=1S/C13H21N3O2/c1-4-10(5-2)9-16(6-3)13-14-7-11(8-15-13)12(17)18/h7-8,10H,4-6,9H2,1-3H3,(H,17,18). The maximum absolute atomic E-state index is 10.7. The molecule has 0 aliphatic heterocycles. The van der Waals surface area contributed by atoms with E-state index in [1.807, 2.05) is 0 Å². The molecule has 1 aromatic heterocycles. The van der Waals surface area contributed by atoms with Gasteiger partial charge in [-0.05, 0) is 12.8 Å². The van der Waals surface area contributed by atoms with Gasteiger partial charge in [0, 0.05) is 25.5 Å². The highest BCUT2D eigenvalue weighted by Crippen LogP contribution is 2.14. The highest BCUT2D eigenvalue weighted by Gasteiger charge is 2.13. The van der Waals surface area contributed by atoms with E-state index in [2.05, 4.69) is 35.6 Å². The highest BCUT2D eigenvalue weighted by atomic mass is 16.4. The number of carboxylic acid groups (broad SMARTS) is 1. The first-order valence-corrected chi connectivity index (χ1v) is 6.42. The van der Waals surface area contributed by atoms with Gasteiger partial charge in [0.25, 0.3) is 0 Å². The van der Waals surface area contributed by atoms with Gasteiger partial charge in [-0.25, -0.2) is 14.8 Å². The van der Waals surface area contributed by atoms with Crippen molar-refractivity contribution >= 4 is 11.9 Å².